The molecule has 27 rings (SSSR count). The Labute approximate surface area is 639 Å². The van der Waals surface area contributed by atoms with Crippen LogP contribution in [0.3, 0.4) is 0 Å². The number of benzene rings is 19. The molecule has 5 aliphatic rings. The van der Waals surface area contributed by atoms with Crippen LogP contribution in [0.1, 0.15) is 69.5 Å². The van der Waals surface area contributed by atoms with E-state index in [9.17, 15) is 0 Å². The Hall–Kier alpha value is -13.2. The van der Waals surface area contributed by atoms with Gasteiger partial charge in [-0.25, -0.2) is 0 Å². The third-order valence-electron chi connectivity index (χ3n) is 25.3. The average molecular weight is 1420 g/mol. The Morgan fingerprint density at radius 1 is 0.245 bits per heavy atom. The lowest BCUT2D eigenvalue weighted by Crippen LogP contribution is -2.17. The normalized spacial score (nSPS) is 13.5. The van der Waals surface area contributed by atoms with Crippen molar-refractivity contribution in [3.63, 3.8) is 0 Å². The van der Waals surface area contributed by atoms with Gasteiger partial charge in [0, 0.05) is 81.7 Å². The van der Waals surface area contributed by atoms with Crippen LogP contribution in [0.25, 0.3) is 195 Å². The quantitative estimate of drug-likeness (QED) is 0.141. The molecule has 0 radical (unpaired) electrons. The van der Waals surface area contributed by atoms with Gasteiger partial charge in [-0.2, -0.15) is 0 Å². The predicted octanol–water partition coefficient (Wildman–Crippen LogP) is 29.6. The van der Waals surface area contributed by atoms with E-state index in [0.717, 1.165) is 48.0 Å². The van der Waals surface area contributed by atoms with E-state index in [0.29, 0.717) is 0 Å². The van der Waals surface area contributed by atoms with Gasteiger partial charge in [0.15, 0.2) is 0 Å². The van der Waals surface area contributed by atoms with Crippen LogP contribution in [0.2, 0.25) is 0 Å². The minimum absolute atomic E-state index is 0.0267. The first-order valence-electron chi connectivity index (χ1n) is 38.7. The van der Waals surface area contributed by atoms with Crippen molar-refractivity contribution in [2.24, 2.45) is 0 Å². The van der Waals surface area contributed by atoms with E-state index in [4.69, 9.17) is 8.83 Å². The molecule has 0 unspecified atom stereocenters. The van der Waals surface area contributed by atoms with Crippen LogP contribution in [-0.4, -0.2) is 0 Å². The molecule has 3 heteroatoms. The number of para-hydroxylation sites is 1. The lowest BCUT2D eigenvalue weighted by molar-refractivity contribution is 0.660. The van der Waals surface area contributed by atoms with E-state index in [1.165, 1.54) is 228 Å². The third-order valence-corrected chi connectivity index (χ3v) is 26.5. The summed E-state index contributed by atoms with van der Waals surface area (Å²) < 4.78 is 15.8. The molecule has 2 nitrogen and oxygen atoms in total. The van der Waals surface area contributed by atoms with Crippen molar-refractivity contribution >= 4 is 151 Å². The second-order valence-electron chi connectivity index (χ2n) is 31.3. The van der Waals surface area contributed by atoms with Gasteiger partial charge in [-0.3, -0.25) is 0 Å². The number of furan rings is 2. The van der Waals surface area contributed by atoms with E-state index >= 15 is 0 Å². The minimum Gasteiger partial charge on any atom is -0.455 e. The first kappa shape index (κ1) is 61.9. The average Bonchev–Trinajstić information content (AvgIpc) is 1.56. The van der Waals surface area contributed by atoms with Crippen molar-refractivity contribution in [1.29, 1.82) is 0 Å². The van der Waals surface area contributed by atoms with E-state index < -0.39 is 0 Å². The molecule has 22 aromatic rings. The summed E-state index contributed by atoms with van der Waals surface area (Å²) in [5.41, 5.74) is 32.6. The topological polar surface area (TPSA) is 26.3 Å². The summed E-state index contributed by atoms with van der Waals surface area (Å²) in [6.45, 7) is 4.82. The maximum Gasteiger partial charge on any atom is 0.143 e. The van der Waals surface area contributed by atoms with Crippen molar-refractivity contribution in [2.75, 3.05) is 0 Å². The molecule has 19 aromatic carbocycles. The molecule has 0 fully saturated rings. The summed E-state index contributed by atoms with van der Waals surface area (Å²) in [5, 5.41) is 26.2. The molecule has 0 aliphatic heterocycles. The van der Waals surface area contributed by atoms with Gasteiger partial charge in [0.2, 0.25) is 0 Å². The molecule has 3 heterocycles. The van der Waals surface area contributed by atoms with Crippen molar-refractivity contribution in [3.05, 3.63) is 383 Å². The molecule has 0 N–H and O–H groups in total. The van der Waals surface area contributed by atoms with Crippen LogP contribution in [0, 0.1) is 0 Å². The zero-order chi connectivity index (χ0) is 72.2. The molecule has 0 saturated carbocycles. The van der Waals surface area contributed by atoms with E-state index in [1.807, 2.05) is 11.3 Å². The van der Waals surface area contributed by atoms with Crippen LogP contribution in [0.15, 0.2) is 336 Å². The third kappa shape index (κ3) is 8.81. The van der Waals surface area contributed by atoms with Crippen LogP contribution >= 0.6 is 11.3 Å². The highest BCUT2D eigenvalue weighted by molar-refractivity contribution is 7.26. The summed E-state index contributed by atoms with van der Waals surface area (Å²) in [7, 11) is 0. The zero-order valence-electron chi connectivity index (χ0n) is 60.7. The number of hydrogen-bond acceptors (Lipinski definition) is 3. The van der Waals surface area contributed by atoms with Gasteiger partial charge >= 0.3 is 0 Å². The van der Waals surface area contributed by atoms with Gasteiger partial charge in [-0.05, 0) is 202 Å². The Kier molecular flexibility index (Phi) is 13.2. The molecule has 514 valence electrons. The van der Waals surface area contributed by atoms with Gasteiger partial charge in [0.05, 0.1) is 0 Å². The monoisotopic (exact) mass is 1420 g/mol. The minimum atomic E-state index is 0.0267. The lowest BCUT2D eigenvalue weighted by atomic mass is 9.77. The van der Waals surface area contributed by atoms with Crippen LogP contribution in [0.5, 0.6) is 0 Å². The fraction of sp³-hybridized carbons (Fsp3) is 0.0654. The highest BCUT2D eigenvalue weighted by Gasteiger charge is 2.41. The second kappa shape index (κ2) is 23.4. The molecular formula is C107H68O2S. The maximum atomic E-state index is 6.65. The fourth-order valence-corrected chi connectivity index (χ4v) is 22.0. The molecule has 110 heavy (non-hydrogen) atoms. The van der Waals surface area contributed by atoms with Crippen LogP contribution in [0.4, 0.5) is 0 Å². The molecule has 0 bridgehead atoms. The Morgan fingerprint density at radius 3 is 1.46 bits per heavy atom. The SMILES string of the molecule is CC1(C)c2c(ccc3c2Cc2ccccc2-3)-c2ccc3ccccc3c21.c1ccc2c(c1)Cc1c-2ccc2c1oc1c3ccccc3c3ccccc3c21.c1ccc2c3c(ccc2c1)-c1c(c2c4ccccc4oc2c2ccccc12)C3.c1ccc2cc3c(cc2c1)Cc1c-3c2ccccc2c2sc3ccccc3c12. The highest BCUT2D eigenvalue weighted by Crippen LogP contribution is 2.58. The largest absolute Gasteiger partial charge is 0.455 e. The zero-order valence-corrected chi connectivity index (χ0v) is 61.5. The standard InChI is InChI=1S/2C27H16O.C27H16S.C26H20/c1-2-8-17-16(7-1)15-24-20(17)13-14-23-25-21-11-5-3-9-18(21)19-10-4-6-12-22(19)27(25)28-26(23)24;1-2-8-17-16(7-1)13-14-19-22(17)15-23-25(19)18-9-3-4-10-20(18)27-26(23)21-11-5-6-12-24(21)28-27;1-2-8-17-14-22-18(13-16(17)7-1)15-23-25(22)19-9-3-4-10-20(19)27-26(23)21-11-5-6-12-24(21)28-27;1-26(2)24-19-10-6-3-7-16(19)11-12-21(24)22-14-13-20-18-9-5-4-8-17(18)15-23(20)25(22)26/h3*1-14H,15H2;3-14H,15H2,1-2H3. The molecule has 0 spiro atoms. The van der Waals surface area contributed by atoms with E-state index in [2.05, 4.69) is 341 Å². The summed E-state index contributed by atoms with van der Waals surface area (Å²) in [6, 6.07) is 119. The lowest BCUT2D eigenvalue weighted by Gasteiger charge is -2.25. The molecule has 5 aliphatic carbocycles. The molecule has 0 atom stereocenters. The van der Waals surface area contributed by atoms with Crippen LogP contribution in [-0.2, 0) is 31.1 Å². The van der Waals surface area contributed by atoms with E-state index in [1.54, 1.807) is 0 Å². The van der Waals surface area contributed by atoms with Crippen molar-refractivity contribution < 1.29 is 8.83 Å². The predicted molar refractivity (Wildman–Crippen MR) is 466 cm³/mol. The molecular weight excluding hydrogens is 1350 g/mol. The summed E-state index contributed by atoms with van der Waals surface area (Å²) in [6.07, 6.45) is 3.98. The Balaban J connectivity index is 0.0000000858. The molecule has 0 amide bonds. The number of hydrogen-bond donors (Lipinski definition) is 0. The summed E-state index contributed by atoms with van der Waals surface area (Å²) in [5.74, 6) is 0. The first-order chi connectivity index (χ1) is 54.3. The summed E-state index contributed by atoms with van der Waals surface area (Å²) in [4.78, 5) is 0. The molecule has 3 aromatic heterocycles. The van der Waals surface area contributed by atoms with Crippen LogP contribution < -0.4 is 0 Å². The highest BCUT2D eigenvalue weighted by atomic mass is 32.1. The second-order valence-corrected chi connectivity index (χ2v) is 32.4. The smallest absolute Gasteiger partial charge is 0.143 e. The van der Waals surface area contributed by atoms with Gasteiger partial charge in [0.25, 0.3) is 0 Å². The number of thiophene rings is 1. The fourth-order valence-electron chi connectivity index (χ4n) is 20.7. The van der Waals surface area contributed by atoms with Gasteiger partial charge in [-0.15, -0.1) is 11.3 Å². The van der Waals surface area contributed by atoms with Gasteiger partial charge in [0.1, 0.15) is 22.3 Å². The molecule has 0 saturated heterocycles. The Bertz CT molecular complexity index is 7770. The van der Waals surface area contributed by atoms with Crippen molar-refractivity contribution in [2.45, 2.75) is 44.9 Å². The van der Waals surface area contributed by atoms with E-state index in [-0.39, 0.29) is 5.41 Å². The van der Waals surface area contributed by atoms with Crippen molar-refractivity contribution in [3.8, 4) is 55.6 Å². The number of rotatable bonds is 0. The maximum absolute atomic E-state index is 6.65. The Morgan fingerprint density at radius 2 is 0.718 bits per heavy atom. The summed E-state index contributed by atoms with van der Waals surface area (Å²) >= 11 is 1.94. The number of fused-ring (bicyclic) bond motifs is 44. The van der Waals surface area contributed by atoms with Crippen molar-refractivity contribution in [1.82, 2.24) is 0 Å². The van der Waals surface area contributed by atoms with Gasteiger partial charge in [-0.1, -0.05) is 317 Å². The van der Waals surface area contributed by atoms with Gasteiger partial charge < -0.3 is 8.83 Å². The first-order valence-corrected chi connectivity index (χ1v) is 39.5.